The Labute approximate surface area is 218 Å². The molecule has 1 saturated carbocycles. The summed E-state index contributed by atoms with van der Waals surface area (Å²) in [5.74, 6) is -0.560. The first-order chi connectivity index (χ1) is 17.9. The van der Waals surface area contributed by atoms with E-state index in [0.29, 0.717) is 54.4 Å². The number of epoxide rings is 1. The van der Waals surface area contributed by atoms with Gasteiger partial charge in [-0.3, -0.25) is 0 Å². The summed E-state index contributed by atoms with van der Waals surface area (Å²) in [6, 6.07) is 9.08. The van der Waals surface area contributed by atoms with E-state index in [1.54, 1.807) is 18.2 Å². The highest BCUT2D eigenvalue weighted by Gasteiger charge is 2.29. The van der Waals surface area contributed by atoms with Gasteiger partial charge in [-0.2, -0.15) is 0 Å². The fourth-order valence-corrected chi connectivity index (χ4v) is 6.44. The van der Waals surface area contributed by atoms with Crippen molar-refractivity contribution in [3.8, 4) is 0 Å². The summed E-state index contributed by atoms with van der Waals surface area (Å²) in [6.45, 7) is 2.67. The first kappa shape index (κ1) is 26.5. The maximum absolute atomic E-state index is 15.0. The molecular weight excluding hydrogens is 473 g/mol. The van der Waals surface area contributed by atoms with Crippen molar-refractivity contribution < 1.29 is 23.0 Å². The average Bonchev–Trinajstić information content (AvgIpc) is 3.75. The van der Waals surface area contributed by atoms with E-state index >= 15 is 8.78 Å². The second kappa shape index (κ2) is 11.7. The van der Waals surface area contributed by atoms with Gasteiger partial charge in [-0.05, 0) is 105 Å². The van der Waals surface area contributed by atoms with E-state index in [9.17, 15) is 9.50 Å². The molecule has 0 amide bonds. The van der Waals surface area contributed by atoms with Crippen LogP contribution in [-0.2, 0) is 11.2 Å². The summed E-state index contributed by atoms with van der Waals surface area (Å²) < 4.78 is 49.7. The van der Waals surface area contributed by atoms with Crippen molar-refractivity contribution in [3.05, 3.63) is 76.1 Å². The molecule has 3 atom stereocenters. The standard InChI is InChI=1S/C32H39F3O2/c1-2-3-29(36)23-12-10-22(11-13-23)26-16-14-24(31(34)32(26)35)9-6-20-4-7-21(8-5-20)25-15-17-27(28(33)18-25)30-19-37-30/h10,14-18,20-21,23,29-30,36H,2-9,11-13,19H2,1H3. The summed E-state index contributed by atoms with van der Waals surface area (Å²) in [5.41, 5.74) is 3.41. The van der Waals surface area contributed by atoms with Crippen LogP contribution in [0.3, 0.4) is 0 Å². The Kier molecular flexibility index (Phi) is 8.40. The van der Waals surface area contributed by atoms with E-state index in [2.05, 4.69) is 6.92 Å². The van der Waals surface area contributed by atoms with E-state index in [1.165, 1.54) is 0 Å². The zero-order valence-corrected chi connectivity index (χ0v) is 21.8. The van der Waals surface area contributed by atoms with Crippen LogP contribution in [0.1, 0.15) is 105 Å². The van der Waals surface area contributed by atoms with Crippen LogP contribution in [0.4, 0.5) is 13.2 Å². The highest BCUT2D eigenvalue weighted by Crippen LogP contribution is 2.40. The van der Waals surface area contributed by atoms with Gasteiger partial charge in [0, 0.05) is 11.1 Å². The van der Waals surface area contributed by atoms with Crippen molar-refractivity contribution in [1.82, 2.24) is 0 Å². The maximum atomic E-state index is 15.0. The number of rotatable bonds is 9. The van der Waals surface area contributed by atoms with Crippen LogP contribution in [0.2, 0.25) is 0 Å². The third kappa shape index (κ3) is 6.15. The summed E-state index contributed by atoms with van der Waals surface area (Å²) in [7, 11) is 0. The van der Waals surface area contributed by atoms with Crippen LogP contribution in [0.5, 0.6) is 0 Å². The second-order valence-corrected chi connectivity index (χ2v) is 11.4. The maximum Gasteiger partial charge on any atom is 0.166 e. The van der Waals surface area contributed by atoms with Gasteiger partial charge in [-0.25, -0.2) is 13.2 Å². The van der Waals surface area contributed by atoms with Gasteiger partial charge in [-0.1, -0.05) is 43.7 Å². The monoisotopic (exact) mass is 512 g/mol. The van der Waals surface area contributed by atoms with Crippen molar-refractivity contribution in [1.29, 1.82) is 0 Å². The van der Waals surface area contributed by atoms with Crippen LogP contribution in [-0.4, -0.2) is 17.8 Å². The number of aliphatic hydroxyl groups is 1. The quantitative estimate of drug-likeness (QED) is 0.342. The lowest BCUT2D eigenvalue weighted by Crippen LogP contribution is -2.22. The predicted molar refractivity (Wildman–Crippen MR) is 141 cm³/mol. The number of aryl methyl sites for hydroxylation is 1. The highest BCUT2D eigenvalue weighted by atomic mass is 19.2. The first-order valence-corrected chi connectivity index (χ1v) is 14.2. The molecule has 2 aromatic rings. The Balaban J connectivity index is 1.14. The molecule has 5 heteroatoms. The fraction of sp³-hybridized carbons (Fsp3) is 0.562. The van der Waals surface area contributed by atoms with E-state index in [0.717, 1.165) is 62.5 Å². The normalized spacial score (nSPS) is 26.6. The molecule has 5 rings (SSSR count). The van der Waals surface area contributed by atoms with Gasteiger partial charge < -0.3 is 9.84 Å². The van der Waals surface area contributed by atoms with E-state index < -0.39 is 11.6 Å². The predicted octanol–water partition coefficient (Wildman–Crippen LogP) is 8.43. The molecule has 1 saturated heterocycles. The molecule has 2 fully saturated rings. The lowest BCUT2D eigenvalue weighted by atomic mass is 9.76. The van der Waals surface area contributed by atoms with Crippen molar-refractivity contribution in [3.63, 3.8) is 0 Å². The minimum absolute atomic E-state index is 0.0691. The van der Waals surface area contributed by atoms with E-state index in [1.807, 2.05) is 18.2 Å². The van der Waals surface area contributed by atoms with Gasteiger partial charge in [0.25, 0.3) is 0 Å². The molecule has 1 heterocycles. The smallest absolute Gasteiger partial charge is 0.166 e. The Morgan fingerprint density at radius 3 is 2.43 bits per heavy atom. The average molecular weight is 513 g/mol. The summed E-state index contributed by atoms with van der Waals surface area (Å²) >= 11 is 0. The minimum Gasteiger partial charge on any atom is -0.393 e. The summed E-state index contributed by atoms with van der Waals surface area (Å²) in [6.07, 6.45) is 11.0. The summed E-state index contributed by atoms with van der Waals surface area (Å²) in [4.78, 5) is 0. The van der Waals surface area contributed by atoms with E-state index in [4.69, 9.17) is 4.74 Å². The molecule has 0 bridgehead atoms. The molecule has 1 aliphatic heterocycles. The first-order valence-electron chi connectivity index (χ1n) is 14.2. The van der Waals surface area contributed by atoms with Crippen LogP contribution >= 0.6 is 0 Å². The molecule has 0 spiro atoms. The lowest BCUT2D eigenvalue weighted by Gasteiger charge is -2.29. The SMILES string of the molecule is CCCC(O)C1CC=C(c2ccc(CCC3CCC(c4ccc(C5CO5)c(F)c4)CC3)c(F)c2F)CC1. The van der Waals surface area contributed by atoms with Crippen LogP contribution in [0.15, 0.2) is 36.4 Å². The molecule has 3 unspecified atom stereocenters. The highest BCUT2D eigenvalue weighted by molar-refractivity contribution is 5.67. The lowest BCUT2D eigenvalue weighted by molar-refractivity contribution is 0.0934. The van der Waals surface area contributed by atoms with Gasteiger partial charge >= 0.3 is 0 Å². The Bertz CT molecular complexity index is 1120. The number of ether oxygens (including phenoxy) is 1. The van der Waals surface area contributed by atoms with Crippen molar-refractivity contribution in [2.75, 3.05) is 6.61 Å². The third-order valence-electron chi connectivity index (χ3n) is 8.93. The number of halogens is 3. The Morgan fingerprint density at radius 1 is 1.00 bits per heavy atom. The van der Waals surface area contributed by atoms with Gasteiger partial charge in [0.2, 0.25) is 0 Å². The molecule has 2 nitrogen and oxygen atoms in total. The number of hydrogen-bond acceptors (Lipinski definition) is 2. The molecule has 3 aliphatic rings. The molecule has 2 aliphatic carbocycles. The largest absolute Gasteiger partial charge is 0.393 e. The molecule has 37 heavy (non-hydrogen) atoms. The summed E-state index contributed by atoms with van der Waals surface area (Å²) in [5, 5.41) is 10.3. The van der Waals surface area contributed by atoms with Crippen LogP contribution in [0, 0.1) is 29.3 Å². The molecule has 0 radical (unpaired) electrons. The van der Waals surface area contributed by atoms with Gasteiger partial charge in [0.15, 0.2) is 11.6 Å². The van der Waals surface area contributed by atoms with Crippen molar-refractivity contribution in [2.45, 2.75) is 95.7 Å². The molecule has 2 aromatic carbocycles. The number of benzene rings is 2. The van der Waals surface area contributed by atoms with Crippen molar-refractivity contribution in [2.24, 2.45) is 11.8 Å². The number of allylic oxidation sites excluding steroid dienone is 2. The van der Waals surface area contributed by atoms with Crippen molar-refractivity contribution >= 4 is 5.57 Å². The third-order valence-corrected chi connectivity index (χ3v) is 8.93. The topological polar surface area (TPSA) is 32.8 Å². The zero-order valence-electron chi connectivity index (χ0n) is 21.8. The van der Waals surface area contributed by atoms with Gasteiger partial charge in [-0.15, -0.1) is 0 Å². The van der Waals surface area contributed by atoms with Crippen LogP contribution < -0.4 is 0 Å². The second-order valence-electron chi connectivity index (χ2n) is 11.4. The zero-order chi connectivity index (χ0) is 25.9. The van der Waals surface area contributed by atoms with E-state index in [-0.39, 0.29) is 23.9 Å². The Morgan fingerprint density at radius 2 is 1.78 bits per heavy atom. The van der Waals surface area contributed by atoms with Gasteiger partial charge in [0.1, 0.15) is 11.9 Å². The fourth-order valence-electron chi connectivity index (χ4n) is 6.44. The number of hydrogen-bond donors (Lipinski definition) is 1. The minimum atomic E-state index is -0.734. The molecule has 1 N–H and O–H groups in total. The Hall–Kier alpha value is -2.11. The van der Waals surface area contributed by atoms with Gasteiger partial charge in [0.05, 0.1) is 12.7 Å². The molecule has 200 valence electrons. The number of aliphatic hydroxyl groups excluding tert-OH is 1. The van der Waals surface area contributed by atoms with Crippen LogP contribution in [0.25, 0.3) is 5.57 Å². The molecular formula is C32H39F3O2. The molecule has 0 aromatic heterocycles.